The molecule has 1 fully saturated rings. The molecule has 0 aromatic heterocycles. The van der Waals surface area contributed by atoms with Crippen LogP contribution in [0.1, 0.15) is 24.2 Å². The van der Waals surface area contributed by atoms with Gasteiger partial charge in [0.15, 0.2) is 5.11 Å². The quantitative estimate of drug-likeness (QED) is 0.563. The van der Waals surface area contributed by atoms with E-state index in [2.05, 4.69) is 5.32 Å². The average molecular weight is 433 g/mol. The summed E-state index contributed by atoms with van der Waals surface area (Å²) in [6.45, 7) is 1.36. The number of benzene rings is 2. The van der Waals surface area contributed by atoms with Crippen molar-refractivity contribution in [2.24, 2.45) is 0 Å². The molecule has 1 aliphatic heterocycles. The van der Waals surface area contributed by atoms with Crippen molar-refractivity contribution in [3.05, 3.63) is 64.4 Å². The van der Waals surface area contributed by atoms with Crippen LogP contribution in [-0.4, -0.2) is 21.7 Å². The van der Waals surface area contributed by atoms with Gasteiger partial charge < -0.3 is 10.4 Å². The van der Waals surface area contributed by atoms with Gasteiger partial charge in [0.2, 0.25) is 0 Å². The van der Waals surface area contributed by atoms with Crippen LogP contribution >= 0.6 is 23.8 Å². The first-order chi connectivity index (χ1) is 12.9. The van der Waals surface area contributed by atoms with Crippen molar-refractivity contribution in [3.8, 4) is 0 Å². The zero-order valence-corrected chi connectivity index (χ0v) is 15.8. The Morgan fingerprint density at radius 2 is 1.82 bits per heavy atom. The van der Waals surface area contributed by atoms with E-state index in [9.17, 15) is 27.5 Å². The molecule has 0 unspecified atom stereocenters. The highest BCUT2D eigenvalue weighted by molar-refractivity contribution is 7.80. The van der Waals surface area contributed by atoms with Crippen LogP contribution in [0.15, 0.2) is 42.5 Å². The second kappa shape index (κ2) is 6.98. The highest BCUT2D eigenvalue weighted by Gasteiger charge is 2.52. The molecule has 0 radical (unpaired) electrons. The fourth-order valence-electron chi connectivity index (χ4n) is 2.92. The van der Waals surface area contributed by atoms with E-state index in [4.69, 9.17) is 23.8 Å². The van der Waals surface area contributed by atoms with Gasteiger partial charge in [-0.05, 0) is 55.0 Å². The highest BCUT2D eigenvalue weighted by Crippen LogP contribution is 2.39. The van der Waals surface area contributed by atoms with Crippen LogP contribution in [0, 0.1) is 5.82 Å². The smallest absolute Gasteiger partial charge is 0.385 e. The minimum Gasteiger partial charge on any atom is -0.385 e. The van der Waals surface area contributed by atoms with E-state index >= 15 is 0 Å². The molecule has 0 aliphatic carbocycles. The number of hydrogen-bond donors (Lipinski definition) is 2. The number of carbonyl (C=O) groups excluding carboxylic acids is 1. The number of hydrogen-bond acceptors (Lipinski definition) is 3. The lowest BCUT2D eigenvalue weighted by Gasteiger charge is -2.28. The Morgan fingerprint density at radius 1 is 1.21 bits per heavy atom. The molecule has 0 saturated carbocycles. The fraction of sp³-hybridized carbons (Fsp3) is 0.222. The number of thiocarbonyl (C=S) groups is 1. The van der Waals surface area contributed by atoms with Crippen molar-refractivity contribution in [3.63, 3.8) is 0 Å². The van der Waals surface area contributed by atoms with E-state index in [1.165, 1.54) is 25.1 Å². The average Bonchev–Trinajstić information content (AvgIpc) is 2.85. The number of halogens is 5. The molecule has 1 aliphatic rings. The Hall–Kier alpha value is -2.23. The summed E-state index contributed by atoms with van der Waals surface area (Å²) in [4.78, 5) is 13.9. The van der Waals surface area contributed by atoms with Crippen molar-refractivity contribution >= 4 is 40.5 Å². The van der Waals surface area contributed by atoms with Crippen molar-refractivity contribution < 1.29 is 27.5 Å². The lowest BCUT2D eigenvalue weighted by atomic mass is 9.89. The summed E-state index contributed by atoms with van der Waals surface area (Å²) >= 11 is 10.7. The molecule has 0 spiro atoms. The lowest BCUT2D eigenvalue weighted by Crippen LogP contribution is -2.49. The maximum atomic E-state index is 13.1. The Balaban J connectivity index is 1.99. The molecule has 28 heavy (non-hydrogen) atoms. The maximum Gasteiger partial charge on any atom is 0.417 e. The predicted molar refractivity (Wildman–Crippen MR) is 99.4 cm³/mol. The molecular weight excluding hydrogens is 420 g/mol. The molecule has 2 aromatic rings. The first-order valence-corrected chi connectivity index (χ1v) is 8.71. The van der Waals surface area contributed by atoms with Gasteiger partial charge in [0.1, 0.15) is 17.5 Å². The van der Waals surface area contributed by atoms with Crippen molar-refractivity contribution in [1.29, 1.82) is 0 Å². The zero-order valence-electron chi connectivity index (χ0n) is 14.2. The summed E-state index contributed by atoms with van der Waals surface area (Å²) in [7, 11) is 0. The molecule has 1 amide bonds. The van der Waals surface area contributed by atoms with E-state index in [0.29, 0.717) is 6.07 Å². The third-order valence-electron chi connectivity index (χ3n) is 4.46. The first-order valence-electron chi connectivity index (χ1n) is 7.92. The van der Waals surface area contributed by atoms with Gasteiger partial charge >= 0.3 is 6.18 Å². The van der Waals surface area contributed by atoms with Crippen molar-refractivity contribution in [1.82, 2.24) is 5.32 Å². The van der Waals surface area contributed by atoms with Crippen LogP contribution in [0.5, 0.6) is 0 Å². The molecule has 2 N–H and O–H groups in total. The summed E-state index contributed by atoms with van der Waals surface area (Å²) in [5, 5.41) is 12.6. The molecule has 148 valence electrons. The number of aliphatic hydroxyl groups is 1. The molecule has 2 atom stereocenters. The van der Waals surface area contributed by atoms with Gasteiger partial charge in [-0.2, -0.15) is 13.2 Å². The molecule has 1 heterocycles. The van der Waals surface area contributed by atoms with Gasteiger partial charge in [0.25, 0.3) is 5.91 Å². The van der Waals surface area contributed by atoms with E-state index in [0.717, 1.165) is 23.1 Å². The molecule has 4 nitrogen and oxygen atoms in total. The third kappa shape index (κ3) is 3.45. The lowest BCUT2D eigenvalue weighted by molar-refractivity contribution is -0.137. The highest BCUT2D eigenvalue weighted by atomic mass is 35.5. The minimum atomic E-state index is -4.72. The SMILES string of the molecule is C[C@]1([C@@H](O)c2ccc(F)cc2)NC(=S)N(c2ccc(Cl)c(C(F)(F)F)c2)C1=O. The molecule has 1 saturated heterocycles. The van der Waals surface area contributed by atoms with Gasteiger partial charge in [-0.15, -0.1) is 0 Å². The number of amides is 1. The normalized spacial score (nSPS) is 21.0. The van der Waals surface area contributed by atoms with Crippen LogP contribution in [0.25, 0.3) is 0 Å². The molecular formula is C18H13ClF4N2O2S. The second-order valence-electron chi connectivity index (χ2n) is 6.39. The van der Waals surface area contributed by atoms with Crippen LogP contribution in [-0.2, 0) is 11.0 Å². The van der Waals surface area contributed by atoms with Crippen LogP contribution in [0.3, 0.4) is 0 Å². The molecule has 10 heteroatoms. The van der Waals surface area contributed by atoms with E-state index in [1.54, 1.807) is 0 Å². The number of nitrogens with one attached hydrogen (secondary N) is 1. The van der Waals surface area contributed by atoms with Gasteiger partial charge in [-0.3, -0.25) is 9.69 Å². The van der Waals surface area contributed by atoms with Gasteiger partial charge in [0, 0.05) is 0 Å². The number of alkyl halides is 3. The Bertz CT molecular complexity index is 952. The number of rotatable bonds is 3. The fourth-order valence-corrected chi connectivity index (χ4v) is 3.55. The summed E-state index contributed by atoms with van der Waals surface area (Å²) in [5.41, 5.74) is -2.68. The third-order valence-corrected chi connectivity index (χ3v) is 5.08. The first kappa shape index (κ1) is 20.5. The summed E-state index contributed by atoms with van der Waals surface area (Å²) in [5.74, 6) is -1.28. The van der Waals surface area contributed by atoms with E-state index in [-0.39, 0.29) is 16.4 Å². The minimum absolute atomic E-state index is 0.144. The van der Waals surface area contributed by atoms with Crippen molar-refractivity contribution in [2.45, 2.75) is 24.7 Å². The number of anilines is 1. The predicted octanol–water partition coefficient (Wildman–Crippen LogP) is 4.21. The summed E-state index contributed by atoms with van der Waals surface area (Å²) in [6.07, 6.45) is -6.15. The maximum absolute atomic E-state index is 13.1. The second-order valence-corrected chi connectivity index (χ2v) is 7.18. The molecule has 2 aromatic carbocycles. The van der Waals surface area contributed by atoms with Crippen LogP contribution in [0.2, 0.25) is 5.02 Å². The van der Waals surface area contributed by atoms with E-state index in [1.807, 2.05) is 0 Å². The number of nitrogens with zero attached hydrogens (tertiary/aromatic N) is 1. The van der Waals surface area contributed by atoms with Crippen molar-refractivity contribution in [2.75, 3.05) is 4.90 Å². The van der Waals surface area contributed by atoms with Gasteiger partial charge in [0.05, 0.1) is 16.3 Å². The molecule has 3 rings (SSSR count). The summed E-state index contributed by atoms with van der Waals surface area (Å²) < 4.78 is 52.5. The monoisotopic (exact) mass is 432 g/mol. The number of aliphatic hydroxyl groups excluding tert-OH is 1. The standard InChI is InChI=1S/C18H13ClF4N2O2S/c1-17(14(26)9-2-4-10(20)5-3-9)15(27)25(16(28)24-17)11-6-7-13(19)12(8-11)18(21,22)23/h2-8,14,26H,1H3,(H,24,28)/t14-,17+/m0/s1. The Kier molecular flexibility index (Phi) is 5.11. The number of carbonyl (C=O) groups is 1. The van der Waals surface area contributed by atoms with Gasteiger partial charge in [-0.1, -0.05) is 23.7 Å². The topological polar surface area (TPSA) is 52.6 Å². The summed E-state index contributed by atoms with van der Waals surface area (Å²) in [6, 6.07) is 7.79. The Labute approximate surface area is 167 Å². The zero-order chi connectivity index (χ0) is 20.9. The Morgan fingerprint density at radius 3 is 2.39 bits per heavy atom. The largest absolute Gasteiger partial charge is 0.417 e. The van der Waals surface area contributed by atoms with E-state index < -0.39 is 40.1 Å². The van der Waals surface area contributed by atoms with Crippen LogP contribution < -0.4 is 10.2 Å². The molecule has 0 bridgehead atoms. The van der Waals surface area contributed by atoms with Gasteiger partial charge in [-0.25, -0.2) is 4.39 Å². The van der Waals surface area contributed by atoms with Crippen LogP contribution in [0.4, 0.5) is 23.2 Å².